The molecular weight excluding hydrogens is 260 g/mol. The third-order valence-electron chi connectivity index (χ3n) is 4.55. The molecule has 1 heterocycles. The van der Waals surface area contributed by atoms with Crippen LogP contribution in [0.1, 0.15) is 45.4 Å². The van der Waals surface area contributed by atoms with Crippen LogP contribution in [0, 0.1) is 5.41 Å². The van der Waals surface area contributed by atoms with Crippen molar-refractivity contribution in [1.82, 2.24) is 10.6 Å². The van der Waals surface area contributed by atoms with Gasteiger partial charge in [-0.2, -0.15) is 0 Å². The van der Waals surface area contributed by atoms with Crippen molar-refractivity contribution in [3.05, 3.63) is 0 Å². The normalized spacial score (nSPS) is 23.4. The molecule has 1 aliphatic heterocycles. The second-order valence-electron chi connectivity index (χ2n) is 6.44. The van der Waals surface area contributed by atoms with Crippen molar-refractivity contribution in [3.63, 3.8) is 0 Å². The lowest BCUT2D eigenvalue weighted by Crippen LogP contribution is -2.58. The summed E-state index contributed by atoms with van der Waals surface area (Å²) >= 11 is 0. The molecule has 0 aromatic rings. The van der Waals surface area contributed by atoms with Crippen LogP contribution < -0.4 is 10.6 Å². The highest BCUT2D eigenvalue weighted by molar-refractivity contribution is 5.77. The first-order valence-corrected chi connectivity index (χ1v) is 7.29. The maximum absolute atomic E-state index is 12.0. The highest BCUT2D eigenvalue weighted by Crippen LogP contribution is 2.35. The molecule has 114 valence electrons. The fraction of sp³-hybridized carbons (Fsp3) is 0.857. The van der Waals surface area contributed by atoms with Crippen LogP contribution in [-0.4, -0.2) is 42.4 Å². The number of aliphatic carboxylic acids is 1. The lowest BCUT2D eigenvalue weighted by molar-refractivity contribution is -0.139. The maximum Gasteiger partial charge on any atom is 0.315 e. The van der Waals surface area contributed by atoms with E-state index in [-0.39, 0.29) is 17.9 Å². The predicted octanol–water partition coefficient (Wildman–Crippen LogP) is 1.50. The molecule has 2 aliphatic rings. The molecule has 0 bridgehead atoms. The Morgan fingerprint density at radius 1 is 1.20 bits per heavy atom. The fourth-order valence-electron chi connectivity index (χ4n) is 2.86. The molecule has 0 aromatic heterocycles. The van der Waals surface area contributed by atoms with Crippen molar-refractivity contribution in [3.8, 4) is 0 Å². The molecule has 3 N–H and O–H groups in total. The Bertz CT molecular complexity index is 373. The highest BCUT2D eigenvalue weighted by atomic mass is 16.5. The van der Waals surface area contributed by atoms with Gasteiger partial charge in [-0.15, -0.1) is 0 Å². The molecule has 2 fully saturated rings. The standard InChI is InChI=1S/C14H24N2O4/c1-13(5-7-20-8-6-13)10-15-12(19)16-14(3-2-4-14)9-11(17)18/h2-10H2,1H3,(H,17,18)(H2,15,16,19). The summed E-state index contributed by atoms with van der Waals surface area (Å²) in [6.45, 7) is 4.23. The second-order valence-corrected chi connectivity index (χ2v) is 6.44. The molecule has 0 aromatic carbocycles. The highest BCUT2D eigenvalue weighted by Gasteiger charge is 2.40. The largest absolute Gasteiger partial charge is 0.481 e. The number of urea groups is 1. The molecule has 0 atom stereocenters. The number of hydrogen-bond acceptors (Lipinski definition) is 3. The molecule has 1 saturated heterocycles. The number of rotatable bonds is 5. The van der Waals surface area contributed by atoms with Crippen molar-refractivity contribution in [2.75, 3.05) is 19.8 Å². The summed E-state index contributed by atoms with van der Waals surface area (Å²) in [5.74, 6) is -0.860. The Kier molecular flexibility index (Phi) is 4.52. The molecule has 0 unspecified atom stereocenters. The zero-order valence-corrected chi connectivity index (χ0v) is 12.0. The van der Waals surface area contributed by atoms with E-state index in [1.54, 1.807) is 0 Å². The van der Waals surface area contributed by atoms with Crippen molar-refractivity contribution >= 4 is 12.0 Å². The van der Waals surface area contributed by atoms with E-state index in [4.69, 9.17) is 9.84 Å². The monoisotopic (exact) mass is 284 g/mol. The zero-order chi connectivity index (χ0) is 14.6. The number of carbonyl (C=O) groups excluding carboxylic acids is 1. The molecule has 0 radical (unpaired) electrons. The van der Waals surface area contributed by atoms with E-state index in [2.05, 4.69) is 17.6 Å². The Balaban J connectivity index is 1.78. The van der Waals surface area contributed by atoms with Crippen LogP contribution >= 0.6 is 0 Å². The number of hydrogen-bond donors (Lipinski definition) is 3. The zero-order valence-electron chi connectivity index (χ0n) is 12.0. The van der Waals surface area contributed by atoms with Crippen LogP contribution in [0.25, 0.3) is 0 Å². The van der Waals surface area contributed by atoms with Crippen molar-refractivity contribution in [2.24, 2.45) is 5.41 Å². The summed E-state index contributed by atoms with van der Waals surface area (Å²) in [4.78, 5) is 22.8. The van der Waals surface area contributed by atoms with Gasteiger partial charge in [0.1, 0.15) is 0 Å². The van der Waals surface area contributed by atoms with Crippen LogP contribution in [0.5, 0.6) is 0 Å². The van der Waals surface area contributed by atoms with Gasteiger partial charge in [-0.3, -0.25) is 4.79 Å². The first-order valence-electron chi connectivity index (χ1n) is 7.29. The molecule has 6 nitrogen and oxygen atoms in total. The number of amides is 2. The van der Waals surface area contributed by atoms with Crippen LogP contribution in [0.15, 0.2) is 0 Å². The Labute approximate surface area is 119 Å². The quantitative estimate of drug-likeness (QED) is 0.714. The SMILES string of the molecule is CC1(CNC(=O)NC2(CC(=O)O)CCC2)CCOCC1. The number of carboxylic acid groups (broad SMARTS) is 1. The van der Waals surface area contributed by atoms with Crippen molar-refractivity contribution in [1.29, 1.82) is 0 Å². The maximum atomic E-state index is 12.0. The molecule has 20 heavy (non-hydrogen) atoms. The topological polar surface area (TPSA) is 87.7 Å². The van der Waals surface area contributed by atoms with E-state index in [9.17, 15) is 9.59 Å². The average Bonchev–Trinajstić information content (AvgIpc) is 2.34. The second kappa shape index (κ2) is 5.99. The van der Waals surface area contributed by atoms with Crippen molar-refractivity contribution in [2.45, 2.75) is 51.0 Å². The van der Waals surface area contributed by atoms with Gasteiger partial charge in [0.25, 0.3) is 0 Å². The fourth-order valence-corrected chi connectivity index (χ4v) is 2.86. The van der Waals surface area contributed by atoms with E-state index < -0.39 is 11.5 Å². The van der Waals surface area contributed by atoms with Gasteiger partial charge in [0.05, 0.1) is 12.0 Å². The Morgan fingerprint density at radius 2 is 1.85 bits per heavy atom. The van der Waals surface area contributed by atoms with Gasteiger partial charge < -0.3 is 20.5 Å². The van der Waals surface area contributed by atoms with E-state index >= 15 is 0 Å². The van der Waals surface area contributed by atoms with Gasteiger partial charge in [0.15, 0.2) is 0 Å². The number of ether oxygens (including phenoxy) is 1. The van der Waals surface area contributed by atoms with E-state index in [0.29, 0.717) is 6.54 Å². The van der Waals surface area contributed by atoms with E-state index in [1.807, 2.05) is 0 Å². The van der Waals surface area contributed by atoms with Crippen LogP contribution in [0.4, 0.5) is 4.79 Å². The predicted molar refractivity (Wildman–Crippen MR) is 73.5 cm³/mol. The van der Waals surface area contributed by atoms with Crippen LogP contribution in [0.2, 0.25) is 0 Å². The smallest absolute Gasteiger partial charge is 0.315 e. The first kappa shape index (κ1) is 15.1. The molecule has 1 saturated carbocycles. The van der Waals surface area contributed by atoms with Gasteiger partial charge in [0.2, 0.25) is 0 Å². The molecular formula is C14H24N2O4. The summed E-state index contributed by atoms with van der Waals surface area (Å²) < 4.78 is 5.33. The van der Waals surface area contributed by atoms with E-state index in [1.165, 1.54) is 0 Å². The van der Waals surface area contributed by atoms with Gasteiger partial charge in [-0.1, -0.05) is 6.92 Å². The summed E-state index contributed by atoms with van der Waals surface area (Å²) in [6, 6.07) is -0.251. The number of nitrogens with one attached hydrogen (secondary N) is 2. The average molecular weight is 284 g/mol. The number of carboxylic acids is 1. The lowest BCUT2D eigenvalue weighted by atomic mass is 9.74. The van der Waals surface area contributed by atoms with Gasteiger partial charge >= 0.3 is 12.0 Å². The minimum atomic E-state index is -0.860. The minimum Gasteiger partial charge on any atom is -0.481 e. The summed E-state index contributed by atoms with van der Waals surface area (Å²) in [6.07, 6.45) is 4.35. The summed E-state index contributed by atoms with van der Waals surface area (Å²) in [5.41, 5.74) is -0.457. The first-order chi connectivity index (χ1) is 9.43. The number of carbonyl (C=O) groups is 2. The molecule has 6 heteroatoms. The Hall–Kier alpha value is -1.30. The third kappa shape index (κ3) is 3.85. The Morgan fingerprint density at radius 3 is 2.35 bits per heavy atom. The molecule has 0 spiro atoms. The molecule has 2 rings (SSSR count). The van der Waals surface area contributed by atoms with Crippen molar-refractivity contribution < 1.29 is 19.4 Å². The molecule has 1 aliphatic carbocycles. The minimum absolute atomic E-state index is 0.00548. The van der Waals surface area contributed by atoms with Crippen LogP contribution in [-0.2, 0) is 9.53 Å². The van der Waals surface area contributed by atoms with Gasteiger partial charge in [-0.25, -0.2) is 4.79 Å². The lowest BCUT2D eigenvalue weighted by Gasteiger charge is -2.42. The van der Waals surface area contributed by atoms with Crippen LogP contribution in [0.3, 0.4) is 0 Å². The van der Waals surface area contributed by atoms with E-state index in [0.717, 1.165) is 45.3 Å². The third-order valence-corrected chi connectivity index (χ3v) is 4.55. The summed E-state index contributed by atoms with van der Waals surface area (Å²) in [5, 5.41) is 14.7. The van der Waals surface area contributed by atoms with Gasteiger partial charge in [0, 0.05) is 19.8 Å². The molecule has 2 amide bonds. The summed E-state index contributed by atoms with van der Waals surface area (Å²) in [7, 11) is 0. The van der Waals surface area contributed by atoms with Gasteiger partial charge in [-0.05, 0) is 37.5 Å².